The molecule has 0 aliphatic carbocycles. The number of carbonyl (C=O) groups excluding carboxylic acids is 1. The minimum atomic E-state index is -0.413. The summed E-state index contributed by atoms with van der Waals surface area (Å²) in [4.78, 5) is 19.2. The summed E-state index contributed by atoms with van der Waals surface area (Å²) in [5.74, 6) is -0.528. The monoisotopic (exact) mass is 427 g/mol. The Bertz CT molecular complexity index is 1030. The van der Waals surface area contributed by atoms with E-state index in [1.807, 2.05) is 0 Å². The molecular formula is C22H23F2N5O2. The Morgan fingerprint density at radius 2 is 1.68 bits per heavy atom. The Labute approximate surface area is 178 Å². The van der Waals surface area contributed by atoms with Crippen molar-refractivity contribution in [3.05, 3.63) is 77.4 Å². The first-order valence-corrected chi connectivity index (χ1v) is 10.1. The third-order valence-electron chi connectivity index (χ3n) is 5.24. The Hall–Kier alpha value is -3.17. The van der Waals surface area contributed by atoms with Crippen LogP contribution >= 0.6 is 0 Å². The van der Waals surface area contributed by atoms with Gasteiger partial charge in [-0.25, -0.2) is 18.4 Å². The zero-order valence-corrected chi connectivity index (χ0v) is 17.1. The predicted molar refractivity (Wildman–Crippen MR) is 110 cm³/mol. The zero-order chi connectivity index (χ0) is 21.8. The molecule has 1 N–H and O–H groups in total. The second kappa shape index (κ2) is 9.32. The summed E-state index contributed by atoms with van der Waals surface area (Å²) in [5.41, 5.74) is 1.52. The van der Waals surface area contributed by atoms with Crippen LogP contribution in [0.4, 0.5) is 8.78 Å². The van der Waals surface area contributed by atoms with E-state index in [4.69, 9.17) is 4.74 Å². The van der Waals surface area contributed by atoms with Crippen molar-refractivity contribution < 1.29 is 18.3 Å². The van der Waals surface area contributed by atoms with Gasteiger partial charge in [-0.1, -0.05) is 12.1 Å². The van der Waals surface area contributed by atoms with E-state index in [1.54, 1.807) is 31.2 Å². The van der Waals surface area contributed by atoms with Crippen LogP contribution in [0.15, 0.2) is 48.5 Å². The fourth-order valence-corrected chi connectivity index (χ4v) is 3.61. The lowest BCUT2D eigenvalue weighted by atomic mass is 10.0. The first-order chi connectivity index (χ1) is 15.0. The molecule has 0 radical (unpaired) electrons. The molecule has 1 fully saturated rings. The molecule has 1 amide bonds. The van der Waals surface area contributed by atoms with Gasteiger partial charge in [-0.05, 0) is 48.9 Å². The largest absolute Gasteiger partial charge is 0.379 e. The van der Waals surface area contributed by atoms with E-state index < -0.39 is 5.91 Å². The minimum absolute atomic E-state index is 0.0293. The molecule has 1 atom stereocenters. The summed E-state index contributed by atoms with van der Waals surface area (Å²) in [5, 5.41) is 7.17. The maximum Gasteiger partial charge on any atom is 0.291 e. The summed E-state index contributed by atoms with van der Waals surface area (Å²) in [6.07, 6.45) is 0. The number of amides is 1. The molecular weight excluding hydrogens is 404 g/mol. The average molecular weight is 427 g/mol. The molecule has 0 spiro atoms. The van der Waals surface area contributed by atoms with Gasteiger partial charge in [0.15, 0.2) is 0 Å². The van der Waals surface area contributed by atoms with E-state index in [9.17, 15) is 13.6 Å². The zero-order valence-electron chi connectivity index (χ0n) is 17.1. The molecule has 0 saturated carbocycles. The molecule has 162 valence electrons. The van der Waals surface area contributed by atoms with Gasteiger partial charge in [-0.2, -0.15) is 0 Å². The number of nitrogens with zero attached hydrogens (tertiary/aromatic N) is 4. The van der Waals surface area contributed by atoms with Crippen molar-refractivity contribution in [2.24, 2.45) is 0 Å². The van der Waals surface area contributed by atoms with Gasteiger partial charge in [0, 0.05) is 19.6 Å². The van der Waals surface area contributed by atoms with Gasteiger partial charge in [0.05, 0.1) is 24.9 Å². The standard InChI is InChI=1S/C22H23F2N5O2/c1-15-26-21(27-29(15)19-8-6-18(24)7-9-19)22(30)25-14-20(28-10-12-31-13-11-28)16-2-4-17(23)5-3-16/h2-9,20H,10-14H2,1H3,(H,25,30). The maximum atomic E-state index is 13.4. The van der Waals surface area contributed by atoms with Crippen molar-refractivity contribution in [2.75, 3.05) is 32.8 Å². The van der Waals surface area contributed by atoms with Crippen LogP contribution in [-0.4, -0.2) is 58.4 Å². The van der Waals surface area contributed by atoms with Crippen molar-refractivity contribution in [2.45, 2.75) is 13.0 Å². The topological polar surface area (TPSA) is 72.3 Å². The number of hydrogen-bond acceptors (Lipinski definition) is 5. The number of nitrogens with one attached hydrogen (secondary N) is 1. The number of aromatic nitrogens is 3. The first-order valence-electron chi connectivity index (χ1n) is 10.1. The van der Waals surface area contributed by atoms with Crippen molar-refractivity contribution in [1.29, 1.82) is 0 Å². The third kappa shape index (κ3) is 4.95. The molecule has 1 unspecified atom stereocenters. The van der Waals surface area contributed by atoms with Gasteiger partial charge in [0.1, 0.15) is 17.5 Å². The quantitative estimate of drug-likeness (QED) is 0.655. The Morgan fingerprint density at radius 1 is 1.06 bits per heavy atom. The predicted octanol–water partition coefficient (Wildman–Crippen LogP) is 2.66. The lowest BCUT2D eigenvalue weighted by molar-refractivity contribution is 0.0162. The molecule has 1 aliphatic heterocycles. The number of aryl methyl sites for hydroxylation is 1. The Balaban J connectivity index is 1.49. The smallest absolute Gasteiger partial charge is 0.291 e. The minimum Gasteiger partial charge on any atom is -0.379 e. The molecule has 31 heavy (non-hydrogen) atoms. The average Bonchev–Trinajstić information content (AvgIpc) is 3.18. The summed E-state index contributed by atoms with van der Waals surface area (Å²) in [6.45, 7) is 4.68. The highest BCUT2D eigenvalue weighted by Gasteiger charge is 2.24. The molecule has 2 heterocycles. The maximum absolute atomic E-state index is 13.4. The second-order valence-corrected chi connectivity index (χ2v) is 7.30. The number of carbonyl (C=O) groups is 1. The van der Waals surface area contributed by atoms with E-state index >= 15 is 0 Å². The highest BCUT2D eigenvalue weighted by Crippen LogP contribution is 2.22. The highest BCUT2D eigenvalue weighted by molar-refractivity contribution is 5.90. The molecule has 9 heteroatoms. The molecule has 7 nitrogen and oxygen atoms in total. The number of ether oxygens (including phenoxy) is 1. The molecule has 1 saturated heterocycles. The number of rotatable bonds is 6. The van der Waals surface area contributed by atoms with Crippen LogP contribution in [0.25, 0.3) is 5.69 Å². The molecule has 2 aromatic carbocycles. The van der Waals surface area contributed by atoms with E-state index in [1.165, 1.54) is 28.9 Å². The fourth-order valence-electron chi connectivity index (χ4n) is 3.61. The lowest BCUT2D eigenvalue weighted by Crippen LogP contribution is -2.44. The Kier molecular flexibility index (Phi) is 6.34. The number of hydrogen-bond donors (Lipinski definition) is 1. The first kappa shape index (κ1) is 21.1. The van der Waals surface area contributed by atoms with Crippen LogP contribution < -0.4 is 5.32 Å². The van der Waals surface area contributed by atoms with Crippen molar-refractivity contribution in [3.63, 3.8) is 0 Å². The molecule has 4 rings (SSSR count). The summed E-state index contributed by atoms with van der Waals surface area (Å²) in [6, 6.07) is 12.0. The van der Waals surface area contributed by atoms with Crippen molar-refractivity contribution in [3.8, 4) is 5.69 Å². The fraction of sp³-hybridized carbons (Fsp3) is 0.318. The highest BCUT2D eigenvalue weighted by atomic mass is 19.1. The second-order valence-electron chi connectivity index (χ2n) is 7.30. The molecule has 1 aromatic heterocycles. The van der Waals surface area contributed by atoms with Gasteiger partial charge < -0.3 is 10.1 Å². The van der Waals surface area contributed by atoms with Crippen LogP contribution in [0.3, 0.4) is 0 Å². The van der Waals surface area contributed by atoms with E-state index in [2.05, 4.69) is 20.3 Å². The van der Waals surface area contributed by atoms with Crippen LogP contribution in [0.1, 0.15) is 28.0 Å². The number of morpholine rings is 1. The van der Waals surface area contributed by atoms with E-state index in [0.717, 1.165) is 5.56 Å². The van der Waals surface area contributed by atoms with Crippen LogP contribution in [0.5, 0.6) is 0 Å². The van der Waals surface area contributed by atoms with Crippen molar-refractivity contribution >= 4 is 5.91 Å². The van der Waals surface area contributed by atoms with Crippen molar-refractivity contribution in [1.82, 2.24) is 25.0 Å². The molecule has 0 bridgehead atoms. The van der Waals surface area contributed by atoms with E-state index in [-0.39, 0.29) is 23.5 Å². The van der Waals surface area contributed by atoms with Gasteiger partial charge in [-0.3, -0.25) is 9.69 Å². The van der Waals surface area contributed by atoms with Gasteiger partial charge in [-0.15, -0.1) is 5.10 Å². The molecule has 1 aliphatic rings. The number of benzene rings is 2. The van der Waals surface area contributed by atoms with Crippen LogP contribution in [0.2, 0.25) is 0 Å². The van der Waals surface area contributed by atoms with Gasteiger partial charge >= 0.3 is 0 Å². The Morgan fingerprint density at radius 3 is 2.32 bits per heavy atom. The summed E-state index contributed by atoms with van der Waals surface area (Å²) in [7, 11) is 0. The van der Waals surface area contributed by atoms with Gasteiger partial charge in [0.2, 0.25) is 5.82 Å². The summed E-state index contributed by atoms with van der Waals surface area (Å²) < 4.78 is 33.5. The van der Waals surface area contributed by atoms with E-state index in [0.29, 0.717) is 44.4 Å². The van der Waals surface area contributed by atoms with Gasteiger partial charge in [0.25, 0.3) is 5.91 Å². The third-order valence-corrected chi connectivity index (χ3v) is 5.24. The normalized spacial score (nSPS) is 15.6. The summed E-state index contributed by atoms with van der Waals surface area (Å²) >= 11 is 0. The van der Waals surface area contributed by atoms with Crippen LogP contribution in [-0.2, 0) is 4.74 Å². The number of halogens is 2. The van der Waals surface area contributed by atoms with Crippen LogP contribution in [0, 0.1) is 18.6 Å². The SMILES string of the molecule is Cc1nc(C(=O)NCC(c2ccc(F)cc2)N2CCOCC2)nn1-c1ccc(F)cc1. The molecule has 3 aromatic rings. The lowest BCUT2D eigenvalue weighted by Gasteiger charge is -2.34.